The SMILES string of the molecule is ONCc1ccc(Oc2cccc(Oc3ccc(CNO)cc3Cl)c2)c(Cl)c1. The molecule has 3 aromatic rings. The maximum atomic E-state index is 8.77. The predicted octanol–water partition coefficient (Wildman–Crippen LogP) is 5.54. The summed E-state index contributed by atoms with van der Waals surface area (Å²) in [6.45, 7) is 0.578. The second kappa shape index (κ2) is 9.75. The molecule has 0 radical (unpaired) electrons. The van der Waals surface area contributed by atoms with Crippen molar-refractivity contribution in [3.05, 3.63) is 81.8 Å². The standard InChI is InChI=1S/C20H18Cl2N2O4/c21-17-8-13(11-23-25)4-6-19(17)27-15-2-1-3-16(10-15)28-20-7-5-14(12-24-26)9-18(20)22/h1-10,23-26H,11-12H2. The van der Waals surface area contributed by atoms with Crippen LogP contribution in [-0.4, -0.2) is 10.4 Å². The number of nitrogens with one attached hydrogen (secondary N) is 2. The number of halogens is 2. The van der Waals surface area contributed by atoms with Crippen LogP contribution in [0.4, 0.5) is 0 Å². The molecule has 3 aromatic carbocycles. The molecular formula is C20H18Cl2N2O4. The lowest BCUT2D eigenvalue weighted by Crippen LogP contribution is -2.05. The van der Waals surface area contributed by atoms with Gasteiger partial charge in [0.15, 0.2) is 0 Å². The number of hydrogen-bond acceptors (Lipinski definition) is 6. The number of hydroxylamine groups is 2. The molecule has 0 saturated carbocycles. The van der Waals surface area contributed by atoms with Crippen molar-refractivity contribution < 1.29 is 19.9 Å². The van der Waals surface area contributed by atoms with Gasteiger partial charge in [0.05, 0.1) is 10.0 Å². The van der Waals surface area contributed by atoms with Crippen molar-refractivity contribution in [3.63, 3.8) is 0 Å². The van der Waals surface area contributed by atoms with E-state index in [4.69, 9.17) is 43.1 Å². The van der Waals surface area contributed by atoms with E-state index < -0.39 is 0 Å². The van der Waals surface area contributed by atoms with E-state index >= 15 is 0 Å². The van der Waals surface area contributed by atoms with Gasteiger partial charge in [-0.15, -0.1) is 0 Å². The van der Waals surface area contributed by atoms with Gasteiger partial charge in [-0.2, -0.15) is 0 Å². The van der Waals surface area contributed by atoms with E-state index in [1.54, 1.807) is 60.7 Å². The molecule has 0 saturated heterocycles. The van der Waals surface area contributed by atoms with Crippen molar-refractivity contribution >= 4 is 23.2 Å². The van der Waals surface area contributed by atoms with E-state index in [1.807, 2.05) is 0 Å². The Balaban J connectivity index is 1.74. The van der Waals surface area contributed by atoms with Crippen LogP contribution in [0.2, 0.25) is 10.0 Å². The lowest BCUT2D eigenvalue weighted by molar-refractivity contribution is 0.161. The van der Waals surface area contributed by atoms with Crippen LogP contribution in [0.25, 0.3) is 0 Å². The molecule has 0 aliphatic carbocycles. The van der Waals surface area contributed by atoms with Crippen LogP contribution in [0.15, 0.2) is 60.7 Å². The van der Waals surface area contributed by atoms with Gasteiger partial charge in [0.1, 0.15) is 23.0 Å². The molecule has 6 nitrogen and oxygen atoms in total. The van der Waals surface area contributed by atoms with Crippen LogP contribution in [0.1, 0.15) is 11.1 Å². The molecule has 3 rings (SSSR count). The lowest BCUT2D eigenvalue weighted by atomic mass is 10.2. The van der Waals surface area contributed by atoms with E-state index in [1.165, 1.54) is 0 Å². The minimum absolute atomic E-state index is 0.289. The quantitative estimate of drug-likeness (QED) is 0.358. The van der Waals surface area contributed by atoms with Crippen LogP contribution in [0, 0.1) is 0 Å². The van der Waals surface area contributed by atoms with Gasteiger partial charge in [-0.25, -0.2) is 11.0 Å². The van der Waals surface area contributed by atoms with Gasteiger partial charge in [0, 0.05) is 19.2 Å². The highest BCUT2D eigenvalue weighted by Crippen LogP contribution is 2.34. The van der Waals surface area contributed by atoms with E-state index in [2.05, 4.69) is 11.0 Å². The third-order valence-electron chi connectivity index (χ3n) is 3.82. The molecule has 0 fully saturated rings. The number of hydrogen-bond donors (Lipinski definition) is 4. The smallest absolute Gasteiger partial charge is 0.146 e. The zero-order valence-electron chi connectivity index (χ0n) is 14.7. The molecule has 8 heteroatoms. The van der Waals surface area contributed by atoms with Gasteiger partial charge in [-0.3, -0.25) is 0 Å². The topological polar surface area (TPSA) is 83.0 Å². The van der Waals surface area contributed by atoms with Gasteiger partial charge in [-0.05, 0) is 47.5 Å². The molecule has 0 aliphatic heterocycles. The number of rotatable bonds is 8. The fourth-order valence-electron chi connectivity index (χ4n) is 2.51. The monoisotopic (exact) mass is 420 g/mol. The first kappa shape index (κ1) is 20.4. The summed E-state index contributed by atoms with van der Waals surface area (Å²) in [7, 11) is 0. The van der Waals surface area contributed by atoms with Gasteiger partial charge in [0.2, 0.25) is 0 Å². The van der Waals surface area contributed by atoms with E-state index in [9.17, 15) is 0 Å². The normalized spacial score (nSPS) is 10.7. The maximum Gasteiger partial charge on any atom is 0.146 e. The van der Waals surface area contributed by atoms with E-state index in [0.29, 0.717) is 33.0 Å². The molecule has 0 bridgehead atoms. The van der Waals surface area contributed by atoms with Crippen LogP contribution in [0.5, 0.6) is 23.0 Å². The highest BCUT2D eigenvalue weighted by atomic mass is 35.5. The van der Waals surface area contributed by atoms with Gasteiger partial charge in [0.25, 0.3) is 0 Å². The first-order chi connectivity index (χ1) is 13.6. The van der Waals surface area contributed by atoms with Crippen LogP contribution < -0.4 is 20.4 Å². The zero-order chi connectivity index (χ0) is 19.9. The predicted molar refractivity (Wildman–Crippen MR) is 107 cm³/mol. The molecule has 28 heavy (non-hydrogen) atoms. The Kier molecular flexibility index (Phi) is 7.11. The van der Waals surface area contributed by atoms with Crippen molar-refractivity contribution in [2.24, 2.45) is 0 Å². The summed E-state index contributed by atoms with van der Waals surface area (Å²) in [4.78, 5) is 0. The summed E-state index contributed by atoms with van der Waals surface area (Å²) in [5, 5.41) is 18.4. The molecule has 0 amide bonds. The molecule has 0 heterocycles. The molecule has 0 aliphatic rings. The average Bonchev–Trinajstić information content (AvgIpc) is 2.67. The summed E-state index contributed by atoms with van der Waals surface area (Å²) >= 11 is 12.5. The maximum absolute atomic E-state index is 8.77. The lowest BCUT2D eigenvalue weighted by Gasteiger charge is -2.12. The third-order valence-corrected chi connectivity index (χ3v) is 4.41. The summed E-state index contributed by atoms with van der Waals surface area (Å²) in [5.74, 6) is 2.06. The fourth-order valence-corrected chi connectivity index (χ4v) is 3.00. The third kappa shape index (κ3) is 5.36. The van der Waals surface area contributed by atoms with Crippen LogP contribution >= 0.6 is 23.2 Å². The summed E-state index contributed by atoms with van der Waals surface area (Å²) < 4.78 is 11.7. The van der Waals surface area contributed by atoms with E-state index in [0.717, 1.165) is 11.1 Å². The minimum Gasteiger partial charge on any atom is -0.456 e. The second-order valence-electron chi connectivity index (χ2n) is 5.88. The Bertz CT molecular complexity index is 880. The van der Waals surface area contributed by atoms with Crippen LogP contribution in [-0.2, 0) is 13.1 Å². The van der Waals surface area contributed by atoms with Crippen molar-refractivity contribution in [2.45, 2.75) is 13.1 Å². The van der Waals surface area contributed by atoms with Crippen molar-refractivity contribution in [3.8, 4) is 23.0 Å². The molecule has 4 N–H and O–H groups in total. The Morgan fingerprint density at radius 3 is 1.54 bits per heavy atom. The largest absolute Gasteiger partial charge is 0.456 e. The van der Waals surface area contributed by atoms with Crippen LogP contribution in [0.3, 0.4) is 0 Å². The molecule has 0 atom stereocenters. The molecule has 0 unspecified atom stereocenters. The van der Waals surface area contributed by atoms with Gasteiger partial charge < -0.3 is 19.9 Å². The number of ether oxygens (including phenoxy) is 2. The zero-order valence-corrected chi connectivity index (χ0v) is 16.2. The summed E-state index contributed by atoms with van der Waals surface area (Å²) in [6, 6.07) is 17.6. The second-order valence-corrected chi connectivity index (χ2v) is 6.69. The first-order valence-electron chi connectivity index (χ1n) is 8.35. The van der Waals surface area contributed by atoms with Crippen molar-refractivity contribution in [2.75, 3.05) is 0 Å². The van der Waals surface area contributed by atoms with Gasteiger partial charge >= 0.3 is 0 Å². The van der Waals surface area contributed by atoms with Crippen molar-refractivity contribution in [1.82, 2.24) is 11.0 Å². The highest BCUT2D eigenvalue weighted by molar-refractivity contribution is 6.32. The molecule has 0 aromatic heterocycles. The Morgan fingerprint density at radius 1 is 0.679 bits per heavy atom. The number of benzene rings is 3. The fraction of sp³-hybridized carbons (Fsp3) is 0.100. The first-order valence-corrected chi connectivity index (χ1v) is 9.11. The Hall–Kier alpha value is -2.32. The highest BCUT2D eigenvalue weighted by Gasteiger charge is 2.08. The Labute approximate surface area is 172 Å². The summed E-state index contributed by atoms with van der Waals surface area (Å²) in [5.41, 5.74) is 5.82. The molecule has 0 spiro atoms. The molecular weight excluding hydrogens is 403 g/mol. The van der Waals surface area contributed by atoms with Gasteiger partial charge in [-0.1, -0.05) is 41.4 Å². The van der Waals surface area contributed by atoms with Crippen molar-refractivity contribution in [1.29, 1.82) is 0 Å². The average molecular weight is 421 g/mol. The van der Waals surface area contributed by atoms with E-state index in [-0.39, 0.29) is 13.1 Å². The Morgan fingerprint density at radius 2 is 1.14 bits per heavy atom. The minimum atomic E-state index is 0.289. The molecule has 146 valence electrons. The summed E-state index contributed by atoms with van der Waals surface area (Å²) in [6.07, 6.45) is 0.